The molecule has 1 unspecified atom stereocenters. The van der Waals surface area contributed by atoms with Crippen molar-refractivity contribution in [2.75, 3.05) is 0 Å². The van der Waals surface area contributed by atoms with Crippen LogP contribution in [0, 0.1) is 0 Å². The lowest BCUT2D eigenvalue weighted by atomic mass is 9.93. The summed E-state index contributed by atoms with van der Waals surface area (Å²) in [5.41, 5.74) is 8.67. The molecule has 0 aliphatic heterocycles. The second kappa shape index (κ2) is 6.10. The summed E-state index contributed by atoms with van der Waals surface area (Å²) in [5.74, 6) is 0. The van der Waals surface area contributed by atoms with Crippen LogP contribution < -0.4 is 5.73 Å². The number of hydrogen-bond donors (Lipinski definition) is 1. The highest BCUT2D eigenvalue weighted by molar-refractivity contribution is 7.09. The zero-order valence-electron chi connectivity index (χ0n) is 12.9. The Morgan fingerprint density at radius 3 is 2.75 bits per heavy atom. The second-order valence-electron chi connectivity index (χ2n) is 6.39. The minimum Gasteiger partial charge on any atom is -0.347 e. The van der Waals surface area contributed by atoms with Gasteiger partial charge in [0.25, 0.3) is 0 Å². The molecule has 3 nitrogen and oxygen atoms in total. The highest BCUT2D eigenvalue weighted by atomic mass is 32.1. The van der Waals surface area contributed by atoms with Gasteiger partial charge in [0, 0.05) is 29.2 Å². The first kappa shape index (κ1) is 15.3. The smallest absolute Gasteiger partial charge is 0.113 e. The molecule has 0 bridgehead atoms. The highest BCUT2D eigenvalue weighted by Gasteiger charge is 2.17. The normalized spacial score (nSPS) is 13.7. The zero-order valence-corrected chi connectivity index (χ0v) is 13.7. The lowest BCUT2D eigenvalue weighted by Crippen LogP contribution is -2.11. The molecule has 0 amide bonds. The van der Waals surface area contributed by atoms with Crippen LogP contribution in [0.15, 0.2) is 23.8 Å². The van der Waals surface area contributed by atoms with Crippen LogP contribution in [-0.2, 0) is 12.0 Å². The van der Waals surface area contributed by atoms with E-state index in [0.717, 1.165) is 24.4 Å². The predicted octanol–water partition coefficient (Wildman–Crippen LogP) is 4.09. The first-order valence-corrected chi connectivity index (χ1v) is 8.14. The Hall–Kier alpha value is -1.13. The molecule has 0 spiro atoms. The summed E-state index contributed by atoms with van der Waals surface area (Å²) in [5, 5.41) is 3.32. The second-order valence-corrected chi connectivity index (χ2v) is 7.33. The standard InChI is InChI=1S/C16H25N3S/c1-5-6-13(17)12-7-8-19(9-12)10-15-18-14(11-20-15)16(2,3)4/h7-9,11,13H,5-6,10,17H2,1-4H3. The molecule has 2 aromatic heterocycles. The Morgan fingerprint density at radius 2 is 2.15 bits per heavy atom. The van der Waals surface area contributed by atoms with Crippen molar-refractivity contribution in [3.63, 3.8) is 0 Å². The number of hydrogen-bond acceptors (Lipinski definition) is 3. The summed E-state index contributed by atoms with van der Waals surface area (Å²) >= 11 is 1.74. The lowest BCUT2D eigenvalue weighted by molar-refractivity contribution is 0.569. The maximum Gasteiger partial charge on any atom is 0.113 e. The molecule has 0 fully saturated rings. The quantitative estimate of drug-likeness (QED) is 0.901. The molecule has 2 heterocycles. The van der Waals surface area contributed by atoms with E-state index in [1.165, 1.54) is 11.3 Å². The molecule has 0 aliphatic carbocycles. The average Bonchev–Trinajstić information content (AvgIpc) is 2.98. The van der Waals surface area contributed by atoms with Gasteiger partial charge in [-0.05, 0) is 18.1 Å². The predicted molar refractivity (Wildman–Crippen MR) is 86.2 cm³/mol. The molecule has 2 aromatic rings. The molecule has 4 heteroatoms. The maximum atomic E-state index is 6.15. The molecular weight excluding hydrogens is 266 g/mol. The molecular formula is C16H25N3S. The van der Waals surface area contributed by atoms with Gasteiger partial charge in [-0.2, -0.15) is 0 Å². The van der Waals surface area contributed by atoms with E-state index in [1.807, 2.05) is 0 Å². The van der Waals surface area contributed by atoms with Crippen LogP contribution in [0.2, 0.25) is 0 Å². The fourth-order valence-corrected chi connectivity index (χ4v) is 3.17. The first-order chi connectivity index (χ1) is 9.40. The summed E-state index contributed by atoms with van der Waals surface area (Å²) in [6.07, 6.45) is 6.41. The van der Waals surface area contributed by atoms with Crippen molar-refractivity contribution in [3.05, 3.63) is 40.1 Å². The van der Waals surface area contributed by atoms with Crippen LogP contribution in [0.3, 0.4) is 0 Å². The number of thiazole rings is 1. The van der Waals surface area contributed by atoms with E-state index in [9.17, 15) is 0 Å². The van der Waals surface area contributed by atoms with Gasteiger partial charge in [0.05, 0.1) is 12.2 Å². The van der Waals surface area contributed by atoms with Crippen LogP contribution in [0.1, 0.15) is 62.8 Å². The number of nitrogens with zero attached hydrogens (tertiary/aromatic N) is 2. The average molecular weight is 291 g/mol. The SMILES string of the molecule is CCCC(N)c1ccn(Cc2nc(C(C)(C)C)cs2)c1. The molecule has 2 N–H and O–H groups in total. The number of rotatable bonds is 5. The summed E-state index contributed by atoms with van der Waals surface area (Å²) < 4.78 is 2.18. The fraction of sp³-hybridized carbons (Fsp3) is 0.562. The summed E-state index contributed by atoms with van der Waals surface area (Å²) in [4.78, 5) is 4.73. The van der Waals surface area contributed by atoms with Crippen LogP contribution in [0.4, 0.5) is 0 Å². The van der Waals surface area contributed by atoms with E-state index < -0.39 is 0 Å². The zero-order chi connectivity index (χ0) is 14.8. The molecule has 20 heavy (non-hydrogen) atoms. The molecule has 0 saturated carbocycles. The van der Waals surface area contributed by atoms with Crippen molar-refractivity contribution in [2.24, 2.45) is 5.73 Å². The Balaban J connectivity index is 2.05. The van der Waals surface area contributed by atoms with Crippen molar-refractivity contribution in [3.8, 4) is 0 Å². The maximum absolute atomic E-state index is 6.15. The summed E-state index contributed by atoms with van der Waals surface area (Å²) in [7, 11) is 0. The topological polar surface area (TPSA) is 43.8 Å². The van der Waals surface area contributed by atoms with Gasteiger partial charge in [-0.1, -0.05) is 34.1 Å². The lowest BCUT2D eigenvalue weighted by Gasteiger charge is -2.14. The van der Waals surface area contributed by atoms with Crippen LogP contribution in [-0.4, -0.2) is 9.55 Å². The third-order valence-electron chi connectivity index (χ3n) is 3.44. The molecule has 0 aliphatic rings. The van der Waals surface area contributed by atoms with Gasteiger partial charge >= 0.3 is 0 Å². The van der Waals surface area contributed by atoms with Crippen LogP contribution in [0.5, 0.6) is 0 Å². The monoisotopic (exact) mass is 291 g/mol. The number of aromatic nitrogens is 2. The minimum absolute atomic E-state index is 0.125. The minimum atomic E-state index is 0.125. The third kappa shape index (κ3) is 3.70. The Kier molecular flexibility index (Phi) is 4.66. The van der Waals surface area contributed by atoms with Crippen molar-refractivity contribution in [1.82, 2.24) is 9.55 Å². The molecule has 0 radical (unpaired) electrons. The Morgan fingerprint density at radius 1 is 1.40 bits per heavy atom. The van der Waals surface area contributed by atoms with E-state index in [-0.39, 0.29) is 11.5 Å². The van der Waals surface area contributed by atoms with Crippen molar-refractivity contribution in [1.29, 1.82) is 0 Å². The van der Waals surface area contributed by atoms with Gasteiger partial charge in [0.15, 0.2) is 0 Å². The van der Waals surface area contributed by atoms with Crippen LogP contribution in [0.25, 0.3) is 0 Å². The largest absolute Gasteiger partial charge is 0.347 e. The van der Waals surface area contributed by atoms with E-state index >= 15 is 0 Å². The van der Waals surface area contributed by atoms with Gasteiger partial charge in [-0.25, -0.2) is 4.98 Å². The van der Waals surface area contributed by atoms with E-state index in [1.54, 1.807) is 11.3 Å². The van der Waals surface area contributed by atoms with E-state index in [4.69, 9.17) is 10.7 Å². The van der Waals surface area contributed by atoms with Gasteiger partial charge in [0.2, 0.25) is 0 Å². The van der Waals surface area contributed by atoms with Gasteiger partial charge in [-0.15, -0.1) is 11.3 Å². The van der Waals surface area contributed by atoms with E-state index in [0.29, 0.717) is 0 Å². The molecule has 2 rings (SSSR count). The van der Waals surface area contributed by atoms with Gasteiger partial charge < -0.3 is 10.3 Å². The van der Waals surface area contributed by atoms with Gasteiger partial charge in [0.1, 0.15) is 5.01 Å². The van der Waals surface area contributed by atoms with Crippen LogP contribution >= 0.6 is 11.3 Å². The molecule has 0 aromatic carbocycles. The molecule has 110 valence electrons. The molecule has 0 saturated heterocycles. The summed E-state index contributed by atoms with van der Waals surface area (Å²) in [6, 6.07) is 2.28. The van der Waals surface area contributed by atoms with Crippen molar-refractivity contribution >= 4 is 11.3 Å². The third-order valence-corrected chi connectivity index (χ3v) is 4.27. The van der Waals surface area contributed by atoms with Gasteiger partial charge in [-0.3, -0.25) is 0 Å². The van der Waals surface area contributed by atoms with Crippen molar-refractivity contribution in [2.45, 2.75) is 58.5 Å². The highest BCUT2D eigenvalue weighted by Crippen LogP contribution is 2.24. The first-order valence-electron chi connectivity index (χ1n) is 7.26. The Bertz CT molecular complexity index is 548. The number of nitrogens with two attached hydrogens (primary N) is 1. The Labute approximate surface area is 125 Å². The summed E-state index contributed by atoms with van der Waals surface area (Å²) in [6.45, 7) is 9.59. The fourth-order valence-electron chi connectivity index (χ4n) is 2.14. The van der Waals surface area contributed by atoms with Crippen molar-refractivity contribution < 1.29 is 0 Å². The molecule has 1 atom stereocenters. The van der Waals surface area contributed by atoms with E-state index in [2.05, 4.69) is 56.1 Å².